The van der Waals surface area contributed by atoms with Crippen LogP contribution in [0.2, 0.25) is 0 Å². The number of aromatic nitrogens is 1. The molecule has 1 saturated heterocycles. The Hall–Kier alpha value is -3.13. The van der Waals surface area contributed by atoms with Gasteiger partial charge >= 0.3 is 0 Å². The molecule has 0 aliphatic carbocycles. The Kier molecular flexibility index (Phi) is 6.44. The molecule has 8 nitrogen and oxygen atoms in total. The number of carbonyl (C=O) groups is 2. The lowest BCUT2D eigenvalue weighted by molar-refractivity contribution is -0.117. The van der Waals surface area contributed by atoms with Crippen molar-refractivity contribution in [1.29, 1.82) is 0 Å². The van der Waals surface area contributed by atoms with Crippen LogP contribution in [0.25, 0.3) is 0 Å². The van der Waals surface area contributed by atoms with Crippen LogP contribution in [-0.4, -0.2) is 49.7 Å². The van der Waals surface area contributed by atoms with E-state index >= 15 is 0 Å². The number of carbonyl (C=O) groups excluding carboxylic acids is 2. The normalized spacial score (nSPS) is 15.9. The molecule has 8 heteroatoms. The van der Waals surface area contributed by atoms with Crippen molar-refractivity contribution in [1.82, 2.24) is 4.98 Å². The summed E-state index contributed by atoms with van der Waals surface area (Å²) in [5.41, 5.74) is 2.66. The summed E-state index contributed by atoms with van der Waals surface area (Å²) in [5, 5.41) is 5.83. The Balaban J connectivity index is 1.25. The Morgan fingerprint density at radius 3 is 2.97 bits per heavy atom. The number of benzene rings is 1. The number of rotatable bonds is 7. The largest absolute Gasteiger partial charge is 0.494 e. The quantitative estimate of drug-likeness (QED) is 0.682. The number of ether oxygens (including phenoxy) is 2. The van der Waals surface area contributed by atoms with Gasteiger partial charge in [0.05, 0.1) is 25.5 Å². The summed E-state index contributed by atoms with van der Waals surface area (Å²) in [7, 11) is 0. The van der Waals surface area contributed by atoms with Gasteiger partial charge in [0.2, 0.25) is 11.8 Å². The van der Waals surface area contributed by atoms with Crippen LogP contribution >= 0.6 is 0 Å². The van der Waals surface area contributed by atoms with Gasteiger partial charge in [0.25, 0.3) is 0 Å². The van der Waals surface area contributed by atoms with Crippen molar-refractivity contribution in [2.45, 2.75) is 25.7 Å². The Labute approximate surface area is 175 Å². The van der Waals surface area contributed by atoms with Crippen LogP contribution in [0.15, 0.2) is 36.5 Å². The number of hydrogen-bond acceptors (Lipinski definition) is 6. The molecule has 0 spiro atoms. The maximum absolute atomic E-state index is 12.4. The smallest absolute Gasteiger partial charge is 0.224 e. The van der Waals surface area contributed by atoms with Gasteiger partial charge in [-0.1, -0.05) is 0 Å². The third kappa shape index (κ3) is 5.07. The van der Waals surface area contributed by atoms with Crippen molar-refractivity contribution < 1.29 is 19.1 Å². The van der Waals surface area contributed by atoms with Crippen molar-refractivity contribution in [2.24, 2.45) is 0 Å². The molecular weight excluding hydrogens is 384 g/mol. The Morgan fingerprint density at radius 1 is 1.23 bits per heavy atom. The van der Waals surface area contributed by atoms with E-state index in [1.54, 1.807) is 6.20 Å². The molecule has 2 N–H and O–H groups in total. The molecule has 0 atom stereocenters. The molecule has 1 fully saturated rings. The first kappa shape index (κ1) is 20.2. The number of nitrogens with zero attached hydrogens (tertiary/aromatic N) is 2. The lowest BCUT2D eigenvalue weighted by Gasteiger charge is -2.29. The van der Waals surface area contributed by atoms with Crippen molar-refractivity contribution in [3.8, 4) is 5.75 Å². The summed E-state index contributed by atoms with van der Waals surface area (Å²) in [6.45, 7) is 3.30. The predicted molar refractivity (Wildman–Crippen MR) is 114 cm³/mol. The van der Waals surface area contributed by atoms with Crippen molar-refractivity contribution in [3.05, 3.63) is 42.1 Å². The molecule has 0 radical (unpaired) electrons. The van der Waals surface area contributed by atoms with E-state index < -0.39 is 0 Å². The van der Waals surface area contributed by atoms with E-state index in [0.717, 1.165) is 48.0 Å². The van der Waals surface area contributed by atoms with Crippen LogP contribution in [0.3, 0.4) is 0 Å². The molecule has 1 aromatic carbocycles. The first-order chi connectivity index (χ1) is 14.7. The maximum Gasteiger partial charge on any atom is 0.224 e. The molecule has 0 bridgehead atoms. The fraction of sp³-hybridized carbons (Fsp3) is 0.409. The zero-order chi connectivity index (χ0) is 20.8. The van der Waals surface area contributed by atoms with Crippen molar-refractivity contribution >= 4 is 29.0 Å². The molecule has 2 aliphatic rings. The highest BCUT2D eigenvalue weighted by Gasteiger charge is 2.17. The fourth-order valence-electron chi connectivity index (χ4n) is 3.61. The molecule has 3 heterocycles. The minimum absolute atomic E-state index is 0.0487. The van der Waals surface area contributed by atoms with E-state index in [1.807, 2.05) is 30.3 Å². The highest BCUT2D eigenvalue weighted by molar-refractivity contribution is 5.94. The number of hydrogen-bond donors (Lipinski definition) is 2. The highest BCUT2D eigenvalue weighted by atomic mass is 16.5. The summed E-state index contributed by atoms with van der Waals surface area (Å²) >= 11 is 0. The average molecular weight is 410 g/mol. The fourth-order valence-corrected chi connectivity index (χ4v) is 3.61. The average Bonchev–Trinajstić information content (AvgIpc) is 2.78. The second kappa shape index (κ2) is 9.58. The Bertz CT molecular complexity index is 912. The standard InChI is InChI=1S/C22H26N4O4/c27-20(25-19-3-1-9-23-22(19)26-10-13-29-14-11-26)4-2-12-30-17-6-7-18-16(15-17)5-8-21(28)24-18/h1,3,6-7,9,15H,2,4-5,8,10-14H2,(H,24,28)(H,25,27). The number of amides is 2. The van der Waals surface area contributed by atoms with E-state index in [1.165, 1.54) is 0 Å². The number of fused-ring (bicyclic) bond motifs is 1. The van der Waals surface area contributed by atoms with E-state index in [9.17, 15) is 9.59 Å². The summed E-state index contributed by atoms with van der Waals surface area (Å²) in [4.78, 5) is 30.4. The third-order valence-corrected chi connectivity index (χ3v) is 5.16. The van der Waals surface area contributed by atoms with Gasteiger partial charge in [-0.25, -0.2) is 4.98 Å². The van der Waals surface area contributed by atoms with Gasteiger partial charge in [-0.05, 0) is 48.7 Å². The summed E-state index contributed by atoms with van der Waals surface area (Å²) in [6, 6.07) is 9.36. The second-order valence-corrected chi connectivity index (χ2v) is 7.34. The summed E-state index contributed by atoms with van der Waals surface area (Å²) in [5.74, 6) is 1.53. The molecule has 2 aromatic rings. The van der Waals surface area contributed by atoms with Crippen LogP contribution in [-0.2, 0) is 20.7 Å². The number of aryl methyl sites for hydroxylation is 1. The van der Waals surface area contributed by atoms with Crippen molar-refractivity contribution in [3.63, 3.8) is 0 Å². The molecule has 1 aromatic heterocycles. The van der Waals surface area contributed by atoms with Gasteiger partial charge < -0.3 is 25.0 Å². The highest BCUT2D eigenvalue weighted by Crippen LogP contribution is 2.27. The zero-order valence-electron chi connectivity index (χ0n) is 16.9. The molecule has 30 heavy (non-hydrogen) atoms. The zero-order valence-corrected chi connectivity index (χ0v) is 16.9. The van der Waals surface area contributed by atoms with Gasteiger partial charge in [0, 0.05) is 37.8 Å². The number of pyridine rings is 1. The van der Waals surface area contributed by atoms with Crippen molar-refractivity contribution in [2.75, 3.05) is 48.4 Å². The van der Waals surface area contributed by atoms with Gasteiger partial charge in [-0.3, -0.25) is 9.59 Å². The van der Waals surface area contributed by atoms with Crippen LogP contribution < -0.4 is 20.3 Å². The van der Waals surface area contributed by atoms with Gasteiger partial charge in [-0.15, -0.1) is 0 Å². The van der Waals surface area contributed by atoms with Crippen LogP contribution in [0.5, 0.6) is 5.75 Å². The summed E-state index contributed by atoms with van der Waals surface area (Å²) in [6.07, 6.45) is 3.91. The monoisotopic (exact) mass is 410 g/mol. The minimum atomic E-state index is -0.0609. The number of anilines is 3. The van der Waals surface area contributed by atoms with Crippen LogP contribution in [0, 0.1) is 0 Å². The van der Waals surface area contributed by atoms with E-state index in [0.29, 0.717) is 39.1 Å². The van der Waals surface area contributed by atoms with Gasteiger partial charge in [-0.2, -0.15) is 0 Å². The van der Waals surface area contributed by atoms with E-state index in [2.05, 4.69) is 20.5 Å². The molecule has 0 saturated carbocycles. The van der Waals surface area contributed by atoms with E-state index in [4.69, 9.17) is 9.47 Å². The van der Waals surface area contributed by atoms with Gasteiger partial charge in [0.1, 0.15) is 5.75 Å². The predicted octanol–water partition coefficient (Wildman–Crippen LogP) is 2.60. The maximum atomic E-state index is 12.4. The molecular formula is C22H26N4O4. The lowest BCUT2D eigenvalue weighted by Crippen LogP contribution is -2.37. The first-order valence-corrected chi connectivity index (χ1v) is 10.3. The first-order valence-electron chi connectivity index (χ1n) is 10.3. The number of nitrogens with one attached hydrogen (secondary N) is 2. The molecule has 4 rings (SSSR count). The molecule has 2 aliphatic heterocycles. The van der Waals surface area contributed by atoms with Crippen LogP contribution in [0.4, 0.5) is 17.2 Å². The minimum Gasteiger partial charge on any atom is -0.494 e. The molecule has 2 amide bonds. The number of morpholine rings is 1. The van der Waals surface area contributed by atoms with E-state index in [-0.39, 0.29) is 11.8 Å². The second-order valence-electron chi connectivity index (χ2n) is 7.34. The third-order valence-electron chi connectivity index (χ3n) is 5.16. The molecule has 0 unspecified atom stereocenters. The topological polar surface area (TPSA) is 92.8 Å². The van der Waals surface area contributed by atoms with Crippen LogP contribution in [0.1, 0.15) is 24.8 Å². The lowest BCUT2D eigenvalue weighted by atomic mass is 10.0. The molecule has 158 valence electrons. The SMILES string of the molecule is O=C1CCc2cc(OCCCC(=O)Nc3cccnc3N3CCOCC3)ccc2N1. The Morgan fingerprint density at radius 2 is 2.10 bits per heavy atom. The summed E-state index contributed by atoms with van der Waals surface area (Å²) < 4.78 is 11.2. The van der Waals surface area contributed by atoms with Gasteiger partial charge in [0.15, 0.2) is 5.82 Å².